The highest BCUT2D eigenvalue weighted by Gasteiger charge is 2.12. The smallest absolute Gasteiger partial charge is 0.157 e. The molecule has 6 heteroatoms. The van der Waals surface area contributed by atoms with Gasteiger partial charge in [-0.2, -0.15) is 0 Å². The summed E-state index contributed by atoms with van der Waals surface area (Å²) in [6.45, 7) is 3.50. The van der Waals surface area contributed by atoms with Crippen LogP contribution >= 0.6 is 11.6 Å². The zero-order chi connectivity index (χ0) is 10.7. The van der Waals surface area contributed by atoms with Gasteiger partial charge in [-0.05, 0) is 13.8 Å². The average molecular weight is 217 g/mol. The van der Waals surface area contributed by atoms with Gasteiger partial charge >= 0.3 is 0 Å². The fourth-order valence-corrected chi connectivity index (χ4v) is 0.958. The van der Waals surface area contributed by atoms with E-state index in [1.54, 1.807) is 6.92 Å². The number of halogens is 1. The van der Waals surface area contributed by atoms with Gasteiger partial charge in [0.05, 0.1) is 12.1 Å². The molecule has 1 aromatic heterocycles. The maximum Gasteiger partial charge on any atom is 0.157 e. The zero-order valence-electron chi connectivity index (χ0n) is 8.03. The van der Waals surface area contributed by atoms with E-state index < -0.39 is 6.10 Å². The molecule has 14 heavy (non-hydrogen) atoms. The Balaban J connectivity index is 2.82. The maximum atomic E-state index is 9.26. The van der Waals surface area contributed by atoms with E-state index in [1.807, 2.05) is 6.92 Å². The minimum absolute atomic E-state index is 0.150. The van der Waals surface area contributed by atoms with Crippen molar-refractivity contribution in [3.63, 3.8) is 0 Å². The van der Waals surface area contributed by atoms with Crippen LogP contribution in [0.15, 0.2) is 6.33 Å². The first kappa shape index (κ1) is 11.0. The van der Waals surface area contributed by atoms with Crippen molar-refractivity contribution in [2.24, 2.45) is 0 Å². The summed E-state index contributed by atoms with van der Waals surface area (Å²) in [4.78, 5) is 7.64. The fraction of sp³-hybridized carbons (Fsp3) is 0.500. The zero-order valence-corrected chi connectivity index (χ0v) is 8.78. The molecule has 4 N–H and O–H groups in total. The quantitative estimate of drug-likeness (QED) is 0.654. The number of anilines is 2. The third kappa shape index (κ3) is 2.46. The van der Waals surface area contributed by atoms with E-state index in [4.69, 9.17) is 17.3 Å². The maximum absolute atomic E-state index is 9.26. The van der Waals surface area contributed by atoms with Gasteiger partial charge in [0.25, 0.3) is 0 Å². The SMILES string of the molecule is C[C@H](O)[C@@H](C)Nc1ncnc(Cl)c1N. The van der Waals surface area contributed by atoms with Gasteiger partial charge in [0.1, 0.15) is 12.0 Å². The lowest BCUT2D eigenvalue weighted by Crippen LogP contribution is -2.28. The number of rotatable bonds is 3. The molecule has 0 radical (unpaired) electrons. The number of hydrogen-bond donors (Lipinski definition) is 3. The molecule has 0 bridgehead atoms. The molecule has 0 aliphatic carbocycles. The van der Waals surface area contributed by atoms with Crippen molar-refractivity contribution in [1.29, 1.82) is 0 Å². The van der Waals surface area contributed by atoms with E-state index in [2.05, 4.69) is 15.3 Å². The molecule has 78 valence electrons. The third-order valence-corrected chi connectivity index (χ3v) is 2.22. The molecule has 1 aromatic rings. The number of hydrogen-bond acceptors (Lipinski definition) is 5. The standard InChI is InChI=1S/C8H13ClN4O/c1-4(5(2)14)13-8-6(10)7(9)11-3-12-8/h3-5,14H,10H2,1-2H3,(H,11,12,13)/t4-,5+/m1/s1. The van der Waals surface area contributed by atoms with Gasteiger partial charge in [-0.1, -0.05) is 11.6 Å². The molecule has 0 spiro atoms. The van der Waals surface area contributed by atoms with Crippen LogP contribution in [0.5, 0.6) is 0 Å². The number of nitrogens with two attached hydrogens (primary N) is 1. The van der Waals surface area contributed by atoms with Crippen molar-refractivity contribution in [2.45, 2.75) is 26.0 Å². The Labute approximate surface area is 87.3 Å². The van der Waals surface area contributed by atoms with Crippen molar-refractivity contribution in [2.75, 3.05) is 11.1 Å². The predicted octanol–water partition coefficient (Wildman–Crippen LogP) is 0.893. The first-order valence-electron chi connectivity index (χ1n) is 4.23. The Hall–Kier alpha value is -1.07. The minimum Gasteiger partial charge on any atom is -0.393 e. The van der Waals surface area contributed by atoms with Gasteiger partial charge in [0.15, 0.2) is 11.0 Å². The van der Waals surface area contributed by atoms with E-state index in [-0.39, 0.29) is 11.2 Å². The van der Waals surface area contributed by atoms with E-state index in [9.17, 15) is 5.11 Å². The summed E-state index contributed by atoms with van der Waals surface area (Å²) in [5.74, 6) is 0.443. The van der Waals surface area contributed by atoms with E-state index in [0.717, 1.165) is 0 Å². The highest BCUT2D eigenvalue weighted by molar-refractivity contribution is 6.32. The number of nitrogens with zero attached hydrogens (tertiary/aromatic N) is 2. The van der Waals surface area contributed by atoms with Crippen LogP contribution in [0.4, 0.5) is 11.5 Å². The van der Waals surface area contributed by atoms with Crippen molar-refractivity contribution < 1.29 is 5.11 Å². The Bertz CT molecular complexity index is 318. The van der Waals surface area contributed by atoms with Gasteiger partial charge in [-0.25, -0.2) is 9.97 Å². The lowest BCUT2D eigenvalue weighted by atomic mass is 10.2. The summed E-state index contributed by atoms with van der Waals surface area (Å²) >= 11 is 5.70. The van der Waals surface area contributed by atoms with E-state index >= 15 is 0 Å². The number of nitrogen functional groups attached to an aromatic ring is 1. The Morgan fingerprint density at radius 3 is 2.71 bits per heavy atom. The van der Waals surface area contributed by atoms with Crippen LogP contribution in [0.1, 0.15) is 13.8 Å². The van der Waals surface area contributed by atoms with Crippen molar-refractivity contribution in [1.82, 2.24) is 9.97 Å². The topological polar surface area (TPSA) is 84.1 Å². The normalized spacial score (nSPS) is 14.9. The van der Waals surface area contributed by atoms with Crippen LogP contribution in [0.3, 0.4) is 0 Å². The molecule has 2 atom stereocenters. The molecule has 0 aliphatic rings. The molecular formula is C8H13ClN4O. The first-order valence-corrected chi connectivity index (χ1v) is 4.60. The molecule has 0 amide bonds. The summed E-state index contributed by atoms with van der Waals surface area (Å²) in [6, 6.07) is -0.150. The van der Waals surface area contributed by atoms with Crippen molar-refractivity contribution in [3.05, 3.63) is 11.5 Å². The molecule has 0 aliphatic heterocycles. The van der Waals surface area contributed by atoms with E-state index in [0.29, 0.717) is 11.5 Å². The minimum atomic E-state index is -0.497. The molecule has 5 nitrogen and oxygen atoms in total. The third-order valence-electron chi connectivity index (χ3n) is 1.92. The van der Waals surface area contributed by atoms with Gasteiger partial charge in [0.2, 0.25) is 0 Å². The molecule has 0 saturated heterocycles. The lowest BCUT2D eigenvalue weighted by Gasteiger charge is -2.18. The highest BCUT2D eigenvalue weighted by atomic mass is 35.5. The molecule has 0 unspecified atom stereocenters. The highest BCUT2D eigenvalue weighted by Crippen LogP contribution is 2.22. The molecule has 0 aromatic carbocycles. The summed E-state index contributed by atoms with van der Waals surface area (Å²) in [5, 5.41) is 12.4. The van der Waals surface area contributed by atoms with Crippen LogP contribution in [0.25, 0.3) is 0 Å². The molecule has 1 heterocycles. The monoisotopic (exact) mass is 216 g/mol. The van der Waals surface area contributed by atoms with Crippen molar-refractivity contribution in [3.8, 4) is 0 Å². The second kappa shape index (κ2) is 4.43. The average Bonchev–Trinajstić information content (AvgIpc) is 2.12. The fourth-order valence-electron chi connectivity index (χ4n) is 0.825. The predicted molar refractivity (Wildman–Crippen MR) is 56.2 cm³/mol. The van der Waals surface area contributed by atoms with Crippen LogP contribution in [-0.2, 0) is 0 Å². The van der Waals surface area contributed by atoms with Crippen LogP contribution in [0.2, 0.25) is 5.15 Å². The number of nitrogens with one attached hydrogen (secondary N) is 1. The van der Waals surface area contributed by atoms with Gasteiger partial charge in [-0.3, -0.25) is 0 Å². The Kier molecular flexibility index (Phi) is 3.49. The summed E-state index contributed by atoms with van der Waals surface area (Å²) in [7, 11) is 0. The lowest BCUT2D eigenvalue weighted by molar-refractivity contribution is 0.177. The first-order chi connectivity index (χ1) is 6.52. The van der Waals surface area contributed by atoms with Crippen molar-refractivity contribution >= 4 is 23.1 Å². The number of aromatic nitrogens is 2. The van der Waals surface area contributed by atoms with Crippen LogP contribution in [-0.4, -0.2) is 27.2 Å². The van der Waals surface area contributed by atoms with Crippen LogP contribution < -0.4 is 11.1 Å². The molecule has 0 fully saturated rings. The second-order valence-electron chi connectivity index (χ2n) is 3.10. The summed E-state index contributed by atoms with van der Waals surface area (Å²) < 4.78 is 0. The van der Waals surface area contributed by atoms with Crippen LogP contribution in [0, 0.1) is 0 Å². The Morgan fingerprint density at radius 2 is 2.14 bits per heavy atom. The van der Waals surface area contributed by atoms with E-state index in [1.165, 1.54) is 6.33 Å². The van der Waals surface area contributed by atoms with Gasteiger partial charge < -0.3 is 16.2 Å². The molecular weight excluding hydrogens is 204 g/mol. The number of aliphatic hydroxyl groups is 1. The molecule has 0 saturated carbocycles. The van der Waals surface area contributed by atoms with Gasteiger partial charge in [0, 0.05) is 0 Å². The largest absolute Gasteiger partial charge is 0.393 e. The second-order valence-corrected chi connectivity index (χ2v) is 3.46. The Morgan fingerprint density at radius 1 is 1.50 bits per heavy atom. The number of aliphatic hydroxyl groups excluding tert-OH is 1. The molecule has 1 rings (SSSR count). The summed E-state index contributed by atoms with van der Waals surface area (Å²) in [5.41, 5.74) is 5.92. The summed E-state index contributed by atoms with van der Waals surface area (Å²) in [6.07, 6.45) is 0.818. The van der Waals surface area contributed by atoms with Gasteiger partial charge in [-0.15, -0.1) is 0 Å².